The first-order valence-electron chi connectivity index (χ1n) is 13.6. The fourth-order valence-electron chi connectivity index (χ4n) is 6.17. The highest BCUT2D eigenvalue weighted by Crippen LogP contribution is 2.48. The van der Waals surface area contributed by atoms with Crippen molar-refractivity contribution in [3.05, 3.63) is 47.7 Å². The van der Waals surface area contributed by atoms with Gasteiger partial charge in [-0.15, -0.1) is 10.2 Å². The molecule has 1 aromatic heterocycles. The van der Waals surface area contributed by atoms with Crippen LogP contribution >= 0.6 is 0 Å². The third-order valence-electron chi connectivity index (χ3n) is 8.34. The van der Waals surface area contributed by atoms with Gasteiger partial charge in [0.05, 0.1) is 12.6 Å². The van der Waals surface area contributed by atoms with Crippen molar-refractivity contribution in [3.63, 3.8) is 0 Å². The Bertz CT molecular complexity index is 961. The molecular formula is C28H41N5O2. The van der Waals surface area contributed by atoms with Crippen LogP contribution < -0.4 is 0 Å². The molecule has 1 aromatic carbocycles. The van der Waals surface area contributed by atoms with Gasteiger partial charge in [-0.1, -0.05) is 44.2 Å². The molecule has 2 aromatic rings. The minimum Gasteiger partial charge on any atom is -0.423 e. The molecule has 7 nitrogen and oxygen atoms in total. The summed E-state index contributed by atoms with van der Waals surface area (Å²) in [5.74, 6) is 1.86. The van der Waals surface area contributed by atoms with Crippen LogP contribution in [0.2, 0.25) is 0 Å². The number of carbonyl (C=O) groups is 1. The van der Waals surface area contributed by atoms with Crippen LogP contribution in [0.5, 0.6) is 0 Å². The average Bonchev–Trinajstić information content (AvgIpc) is 3.62. The molecule has 3 aliphatic heterocycles. The van der Waals surface area contributed by atoms with Gasteiger partial charge < -0.3 is 14.2 Å². The first-order chi connectivity index (χ1) is 17.0. The molecule has 7 heteroatoms. The molecule has 4 heterocycles. The molecule has 0 aliphatic carbocycles. The van der Waals surface area contributed by atoms with E-state index in [0.717, 1.165) is 65.0 Å². The summed E-state index contributed by atoms with van der Waals surface area (Å²) >= 11 is 0. The van der Waals surface area contributed by atoms with Crippen LogP contribution in [0.4, 0.5) is 0 Å². The van der Waals surface area contributed by atoms with Crippen molar-refractivity contribution in [1.29, 1.82) is 0 Å². The van der Waals surface area contributed by atoms with E-state index in [2.05, 4.69) is 64.2 Å². The minimum absolute atomic E-state index is 0.0474. The standard InChI is InChI=1S/C28H41N5O2/c1-22(2)26-29-30-27(35-26)24-19-28(21-33(24)20-25(34)32-15-6-7-16-32)12-17-31(18-13-28)14-8-11-23-9-4-3-5-10-23/h3-5,9-10,22,24H,6-8,11-21H2,1-2H3. The van der Waals surface area contributed by atoms with Gasteiger partial charge in [-0.05, 0) is 75.6 Å². The normalized spacial score (nSPS) is 23.1. The first kappa shape index (κ1) is 24.4. The fraction of sp³-hybridized carbons (Fsp3) is 0.679. The van der Waals surface area contributed by atoms with E-state index < -0.39 is 0 Å². The average molecular weight is 480 g/mol. The number of piperidine rings is 1. The largest absolute Gasteiger partial charge is 0.423 e. The van der Waals surface area contributed by atoms with Gasteiger partial charge in [-0.25, -0.2) is 0 Å². The Balaban J connectivity index is 1.21. The predicted molar refractivity (Wildman–Crippen MR) is 136 cm³/mol. The second-order valence-corrected chi connectivity index (χ2v) is 11.3. The van der Waals surface area contributed by atoms with Crippen LogP contribution in [-0.4, -0.2) is 76.6 Å². The SMILES string of the molecule is CC(C)c1nnc(C2CC3(CCN(CCCc4ccccc4)CC3)CN2CC(=O)N2CCCC2)o1. The van der Waals surface area contributed by atoms with Gasteiger partial charge in [0.1, 0.15) is 0 Å². The van der Waals surface area contributed by atoms with Gasteiger partial charge in [0, 0.05) is 25.6 Å². The molecule has 1 unspecified atom stereocenters. The van der Waals surface area contributed by atoms with E-state index in [4.69, 9.17) is 4.42 Å². The van der Waals surface area contributed by atoms with Crippen LogP contribution in [0.15, 0.2) is 34.7 Å². The molecule has 3 fully saturated rings. The maximum absolute atomic E-state index is 13.1. The number of likely N-dealkylation sites (tertiary alicyclic amines) is 3. The molecular weight excluding hydrogens is 438 g/mol. The molecule has 0 N–H and O–H groups in total. The van der Waals surface area contributed by atoms with E-state index in [9.17, 15) is 4.79 Å². The van der Waals surface area contributed by atoms with Gasteiger partial charge in [0.25, 0.3) is 0 Å². The Morgan fingerprint density at radius 1 is 1.09 bits per heavy atom. The van der Waals surface area contributed by atoms with Crippen LogP contribution in [0.1, 0.15) is 81.7 Å². The summed E-state index contributed by atoms with van der Waals surface area (Å²) in [5, 5.41) is 8.75. The lowest BCUT2D eigenvalue weighted by Gasteiger charge is -2.39. The highest BCUT2D eigenvalue weighted by molar-refractivity contribution is 5.78. The smallest absolute Gasteiger partial charge is 0.236 e. The lowest BCUT2D eigenvalue weighted by molar-refractivity contribution is -0.131. The lowest BCUT2D eigenvalue weighted by atomic mass is 9.76. The highest BCUT2D eigenvalue weighted by Gasteiger charge is 2.48. The molecule has 0 bridgehead atoms. The third kappa shape index (κ3) is 5.78. The molecule has 0 saturated carbocycles. The number of hydrogen-bond acceptors (Lipinski definition) is 6. The van der Waals surface area contributed by atoms with Crippen LogP contribution in [0, 0.1) is 5.41 Å². The van der Waals surface area contributed by atoms with E-state index in [-0.39, 0.29) is 23.3 Å². The van der Waals surface area contributed by atoms with Crippen molar-refractivity contribution in [1.82, 2.24) is 24.9 Å². The monoisotopic (exact) mass is 479 g/mol. The number of carbonyl (C=O) groups excluding carboxylic acids is 1. The predicted octanol–water partition coefficient (Wildman–Crippen LogP) is 4.28. The van der Waals surface area contributed by atoms with E-state index >= 15 is 0 Å². The number of hydrogen-bond donors (Lipinski definition) is 0. The van der Waals surface area contributed by atoms with E-state index in [1.807, 2.05) is 4.90 Å². The van der Waals surface area contributed by atoms with Crippen molar-refractivity contribution in [3.8, 4) is 0 Å². The molecule has 3 saturated heterocycles. The second-order valence-electron chi connectivity index (χ2n) is 11.3. The zero-order valence-corrected chi connectivity index (χ0v) is 21.5. The molecule has 3 aliphatic rings. The zero-order chi connectivity index (χ0) is 24.3. The number of benzene rings is 1. The topological polar surface area (TPSA) is 65.7 Å². The number of rotatable bonds is 8. The minimum atomic E-state index is 0.0474. The van der Waals surface area contributed by atoms with Crippen molar-refractivity contribution >= 4 is 5.91 Å². The van der Waals surface area contributed by atoms with Crippen LogP contribution in [0.3, 0.4) is 0 Å². The molecule has 190 valence electrons. The first-order valence-corrected chi connectivity index (χ1v) is 13.6. The van der Waals surface area contributed by atoms with Gasteiger partial charge >= 0.3 is 0 Å². The van der Waals surface area contributed by atoms with Crippen LogP contribution in [0.25, 0.3) is 0 Å². The Kier molecular flexibility index (Phi) is 7.54. The summed E-state index contributed by atoms with van der Waals surface area (Å²) in [6.45, 7) is 10.8. The van der Waals surface area contributed by atoms with E-state index in [1.54, 1.807) is 0 Å². The Morgan fingerprint density at radius 3 is 2.51 bits per heavy atom. The Labute approximate surface area is 209 Å². The summed E-state index contributed by atoms with van der Waals surface area (Å²) < 4.78 is 6.12. The number of amides is 1. The molecule has 1 amide bonds. The second kappa shape index (κ2) is 10.8. The molecule has 35 heavy (non-hydrogen) atoms. The molecule has 0 radical (unpaired) electrons. The number of nitrogens with zero attached hydrogens (tertiary/aromatic N) is 5. The summed E-state index contributed by atoms with van der Waals surface area (Å²) in [7, 11) is 0. The van der Waals surface area contributed by atoms with Crippen molar-refractivity contribution < 1.29 is 9.21 Å². The van der Waals surface area contributed by atoms with Crippen molar-refractivity contribution in [2.75, 3.05) is 45.8 Å². The quantitative estimate of drug-likeness (QED) is 0.563. The zero-order valence-electron chi connectivity index (χ0n) is 21.5. The molecule has 1 spiro atoms. The summed E-state index contributed by atoms with van der Waals surface area (Å²) in [6, 6.07) is 10.8. The van der Waals surface area contributed by atoms with Gasteiger partial charge in [-0.2, -0.15) is 0 Å². The molecule has 5 rings (SSSR count). The van der Waals surface area contributed by atoms with Crippen molar-refractivity contribution in [2.45, 2.75) is 70.8 Å². The van der Waals surface area contributed by atoms with Crippen molar-refractivity contribution in [2.24, 2.45) is 5.41 Å². The number of aromatic nitrogens is 2. The summed E-state index contributed by atoms with van der Waals surface area (Å²) in [5.41, 5.74) is 1.66. The Morgan fingerprint density at radius 2 is 1.83 bits per heavy atom. The third-order valence-corrected chi connectivity index (χ3v) is 8.34. The fourth-order valence-corrected chi connectivity index (χ4v) is 6.17. The van der Waals surface area contributed by atoms with Crippen LogP contribution in [-0.2, 0) is 11.2 Å². The number of aryl methyl sites for hydroxylation is 1. The van der Waals surface area contributed by atoms with Gasteiger partial charge in [0.2, 0.25) is 17.7 Å². The maximum Gasteiger partial charge on any atom is 0.236 e. The Hall–Kier alpha value is -2.25. The van der Waals surface area contributed by atoms with Gasteiger partial charge in [0.15, 0.2) is 0 Å². The summed E-state index contributed by atoms with van der Waals surface area (Å²) in [4.78, 5) is 20.1. The van der Waals surface area contributed by atoms with E-state index in [1.165, 1.54) is 24.8 Å². The van der Waals surface area contributed by atoms with E-state index in [0.29, 0.717) is 18.3 Å². The maximum atomic E-state index is 13.1. The highest BCUT2D eigenvalue weighted by atomic mass is 16.4. The van der Waals surface area contributed by atoms with Gasteiger partial charge in [-0.3, -0.25) is 9.69 Å². The molecule has 1 atom stereocenters. The summed E-state index contributed by atoms with van der Waals surface area (Å²) in [6.07, 6.45) is 7.96. The lowest BCUT2D eigenvalue weighted by Crippen LogP contribution is -2.43.